The minimum atomic E-state index is -0.934. The number of amides is 1. The number of rotatable bonds is 13. The van der Waals surface area contributed by atoms with E-state index in [2.05, 4.69) is 12.2 Å². The second kappa shape index (κ2) is 12.9. The van der Waals surface area contributed by atoms with Gasteiger partial charge in [-0.05, 0) is 12.3 Å². The normalized spacial score (nSPS) is 16.8. The van der Waals surface area contributed by atoms with Crippen molar-refractivity contribution in [2.75, 3.05) is 13.2 Å². The van der Waals surface area contributed by atoms with Crippen LogP contribution in [-0.4, -0.2) is 46.6 Å². The van der Waals surface area contributed by atoms with E-state index in [0.29, 0.717) is 13.0 Å². The van der Waals surface area contributed by atoms with E-state index < -0.39 is 18.1 Å². The molecule has 5 heteroatoms. The highest BCUT2D eigenvalue weighted by Crippen LogP contribution is 2.16. The molecule has 0 aliphatic rings. The van der Waals surface area contributed by atoms with E-state index in [-0.39, 0.29) is 18.4 Å². The molecule has 5 nitrogen and oxygen atoms in total. The monoisotopic (exact) mass is 317 g/mol. The molecular weight excluding hydrogens is 282 g/mol. The minimum absolute atomic E-state index is 0.0184. The molecule has 4 atom stereocenters. The lowest BCUT2D eigenvalue weighted by molar-refractivity contribution is -0.121. The van der Waals surface area contributed by atoms with Crippen LogP contribution in [0.5, 0.6) is 0 Å². The van der Waals surface area contributed by atoms with Crippen molar-refractivity contribution in [1.29, 1.82) is 0 Å². The van der Waals surface area contributed by atoms with Crippen molar-refractivity contribution < 1.29 is 20.1 Å². The van der Waals surface area contributed by atoms with Crippen LogP contribution in [0.1, 0.15) is 65.7 Å². The molecule has 0 aromatic carbocycles. The third-order valence-electron chi connectivity index (χ3n) is 4.29. The number of aliphatic hydroxyl groups is 3. The van der Waals surface area contributed by atoms with Gasteiger partial charge >= 0.3 is 0 Å². The first-order valence-corrected chi connectivity index (χ1v) is 8.67. The Morgan fingerprint density at radius 3 is 2.23 bits per heavy atom. The van der Waals surface area contributed by atoms with Gasteiger partial charge in [0, 0.05) is 18.9 Å². The van der Waals surface area contributed by atoms with Gasteiger partial charge in [-0.1, -0.05) is 52.9 Å². The van der Waals surface area contributed by atoms with E-state index in [1.54, 1.807) is 6.92 Å². The molecule has 0 aromatic heterocycles. The topological polar surface area (TPSA) is 89.8 Å². The number of aliphatic hydroxyl groups excluding tert-OH is 3. The van der Waals surface area contributed by atoms with Gasteiger partial charge in [-0.3, -0.25) is 4.79 Å². The Bertz CT molecular complexity index is 286. The largest absolute Gasteiger partial charge is 0.394 e. The lowest BCUT2D eigenvalue weighted by atomic mass is 9.89. The van der Waals surface area contributed by atoms with Crippen LogP contribution in [0.15, 0.2) is 0 Å². The Kier molecular flexibility index (Phi) is 12.5. The van der Waals surface area contributed by atoms with Crippen molar-refractivity contribution in [2.45, 2.75) is 77.9 Å². The molecule has 1 amide bonds. The molecule has 0 saturated heterocycles. The summed E-state index contributed by atoms with van der Waals surface area (Å²) in [6.07, 6.45) is 5.76. The maximum absolute atomic E-state index is 11.7. The molecule has 0 aliphatic heterocycles. The molecule has 0 radical (unpaired) electrons. The molecule has 0 heterocycles. The van der Waals surface area contributed by atoms with Gasteiger partial charge in [-0.25, -0.2) is 0 Å². The predicted molar refractivity (Wildman–Crippen MR) is 88.4 cm³/mol. The fourth-order valence-corrected chi connectivity index (χ4v) is 2.46. The Hall–Kier alpha value is -0.650. The number of carbonyl (C=O) groups excluding carboxylic acids is 1. The highest BCUT2D eigenvalue weighted by Gasteiger charge is 2.26. The lowest BCUT2D eigenvalue weighted by Crippen LogP contribution is -2.40. The third-order valence-corrected chi connectivity index (χ3v) is 4.29. The van der Waals surface area contributed by atoms with Crippen molar-refractivity contribution in [2.24, 2.45) is 11.8 Å². The number of hydrogen-bond acceptors (Lipinski definition) is 4. The average Bonchev–Trinajstić information content (AvgIpc) is 2.53. The third kappa shape index (κ3) is 9.38. The van der Waals surface area contributed by atoms with E-state index in [1.165, 1.54) is 25.7 Å². The van der Waals surface area contributed by atoms with E-state index in [9.17, 15) is 15.0 Å². The summed E-state index contributed by atoms with van der Waals surface area (Å²) in [7, 11) is 0. The van der Waals surface area contributed by atoms with Crippen molar-refractivity contribution in [1.82, 2.24) is 5.32 Å². The molecular formula is C17H35NO4. The molecule has 22 heavy (non-hydrogen) atoms. The zero-order valence-corrected chi connectivity index (χ0v) is 14.4. The van der Waals surface area contributed by atoms with Gasteiger partial charge in [-0.15, -0.1) is 0 Å². The number of unbranched alkanes of at least 4 members (excludes halogenated alkanes) is 5. The molecule has 132 valence electrons. The maximum atomic E-state index is 11.7. The smallest absolute Gasteiger partial charge is 0.220 e. The minimum Gasteiger partial charge on any atom is -0.394 e. The molecule has 4 N–H and O–H groups in total. The average molecular weight is 317 g/mol. The van der Waals surface area contributed by atoms with Crippen LogP contribution in [-0.2, 0) is 4.79 Å². The first-order valence-electron chi connectivity index (χ1n) is 8.67. The summed E-state index contributed by atoms with van der Waals surface area (Å²) in [5.74, 6) is -0.565. The summed E-state index contributed by atoms with van der Waals surface area (Å²) in [5, 5.41) is 31.3. The summed E-state index contributed by atoms with van der Waals surface area (Å²) in [5.41, 5.74) is 0. The zero-order chi connectivity index (χ0) is 17.0. The molecule has 0 saturated carbocycles. The van der Waals surface area contributed by atoms with E-state index >= 15 is 0 Å². The second-order valence-corrected chi connectivity index (χ2v) is 6.40. The van der Waals surface area contributed by atoms with Gasteiger partial charge in [0.15, 0.2) is 0 Å². The van der Waals surface area contributed by atoms with Crippen LogP contribution < -0.4 is 5.32 Å². The lowest BCUT2D eigenvalue weighted by Gasteiger charge is -2.27. The summed E-state index contributed by atoms with van der Waals surface area (Å²) in [6.45, 7) is 5.73. The molecule has 0 aliphatic carbocycles. The predicted octanol–water partition coefficient (Wildman–Crippen LogP) is 1.84. The Labute approximate surface area is 135 Å². The molecule has 0 aromatic rings. The summed E-state index contributed by atoms with van der Waals surface area (Å²) in [4.78, 5) is 11.7. The van der Waals surface area contributed by atoms with Gasteiger partial charge in [0.25, 0.3) is 0 Å². The summed E-state index contributed by atoms with van der Waals surface area (Å²) < 4.78 is 0. The van der Waals surface area contributed by atoms with Gasteiger partial charge < -0.3 is 20.6 Å². The van der Waals surface area contributed by atoms with Crippen molar-refractivity contribution in [3.05, 3.63) is 0 Å². The molecule has 0 spiro atoms. The van der Waals surface area contributed by atoms with Crippen LogP contribution in [0, 0.1) is 11.8 Å². The van der Waals surface area contributed by atoms with Crippen molar-refractivity contribution in [3.63, 3.8) is 0 Å². The van der Waals surface area contributed by atoms with E-state index in [0.717, 1.165) is 12.8 Å². The Balaban J connectivity index is 3.80. The summed E-state index contributed by atoms with van der Waals surface area (Å²) >= 11 is 0. The highest BCUT2D eigenvalue weighted by molar-refractivity contribution is 5.75. The van der Waals surface area contributed by atoms with E-state index in [4.69, 9.17) is 5.11 Å². The fraction of sp³-hybridized carbons (Fsp3) is 0.941. The first-order chi connectivity index (χ1) is 10.4. The highest BCUT2D eigenvalue weighted by atomic mass is 16.3. The standard InChI is InChI=1S/C17H35NO4/c1-4-5-6-7-8-9-10-16(21)18-11-13(2)17(22)14(3)15(20)12-19/h13-15,17,19-20,22H,4-12H2,1-3H3,(H,18,21)/t13-,14+,15+,17+/m0/s1. The van der Waals surface area contributed by atoms with Crippen molar-refractivity contribution in [3.8, 4) is 0 Å². The number of hydrogen-bond donors (Lipinski definition) is 4. The quantitative estimate of drug-likeness (QED) is 0.390. The summed E-state index contributed by atoms with van der Waals surface area (Å²) in [6, 6.07) is 0. The molecule has 0 rings (SSSR count). The number of nitrogens with one attached hydrogen (secondary N) is 1. The fourth-order valence-electron chi connectivity index (χ4n) is 2.46. The maximum Gasteiger partial charge on any atom is 0.220 e. The van der Waals surface area contributed by atoms with E-state index in [1.807, 2.05) is 6.92 Å². The molecule has 0 unspecified atom stereocenters. The second-order valence-electron chi connectivity index (χ2n) is 6.40. The molecule has 0 fully saturated rings. The first kappa shape index (κ1) is 21.4. The zero-order valence-electron chi connectivity index (χ0n) is 14.4. The Morgan fingerprint density at radius 1 is 1.05 bits per heavy atom. The van der Waals surface area contributed by atoms with Crippen LogP contribution in [0.2, 0.25) is 0 Å². The Morgan fingerprint density at radius 2 is 1.64 bits per heavy atom. The van der Waals surface area contributed by atoms with Crippen LogP contribution >= 0.6 is 0 Å². The van der Waals surface area contributed by atoms with Crippen LogP contribution in [0.25, 0.3) is 0 Å². The number of carbonyl (C=O) groups is 1. The van der Waals surface area contributed by atoms with Crippen LogP contribution in [0.3, 0.4) is 0 Å². The SMILES string of the molecule is CCCCCCCCC(=O)NC[C@H](C)[C@@H](O)[C@H](C)[C@H](O)CO. The van der Waals surface area contributed by atoms with Gasteiger partial charge in [0.1, 0.15) is 0 Å². The van der Waals surface area contributed by atoms with Crippen molar-refractivity contribution >= 4 is 5.91 Å². The van der Waals surface area contributed by atoms with Gasteiger partial charge in [-0.2, -0.15) is 0 Å². The molecule has 0 bridgehead atoms. The van der Waals surface area contributed by atoms with Gasteiger partial charge in [0.2, 0.25) is 5.91 Å². The van der Waals surface area contributed by atoms with Crippen LogP contribution in [0.4, 0.5) is 0 Å². The van der Waals surface area contributed by atoms with Gasteiger partial charge in [0.05, 0.1) is 18.8 Å².